The number of aromatic nitrogens is 1. The topological polar surface area (TPSA) is 52.5 Å². The smallest absolute Gasteiger partial charge is 0.393 e. The van der Waals surface area contributed by atoms with E-state index in [4.69, 9.17) is 9.47 Å². The van der Waals surface area contributed by atoms with E-state index in [1.807, 2.05) is 20.8 Å². The minimum atomic E-state index is -4.27. The van der Waals surface area contributed by atoms with E-state index in [0.717, 1.165) is 30.3 Å². The normalized spacial score (nSPS) is 13.1. The molecule has 202 valence electrons. The van der Waals surface area contributed by atoms with Gasteiger partial charge in [0.2, 0.25) is 0 Å². The third-order valence-corrected chi connectivity index (χ3v) is 5.98. The molecule has 0 unspecified atom stereocenters. The molecule has 2 aromatic carbocycles. The lowest BCUT2D eigenvalue weighted by atomic mass is 9.97. The van der Waals surface area contributed by atoms with Crippen LogP contribution < -0.4 is 10.1 Å². The number of ether oxygens (including phenoxy) is 2. The number of fused-ring (bicyclic) bond motifs is 1. The molecule has 0 saturated heterocycles. The first-order chi connectivity index (χ1) is 17.4. The third kappa shape index (κ3) is 9.11. The Hall–Kier alpha value is -3.00. The average Bonchev–Trinajstić information content (AvgIpc) is 3.21. The van der Waals surface area contributed by atoms with E-state index in [-0.39, 0.29) is 29.9 Å². The molecule has 1 heterocycles. The molecule has 0 aliphatic rings. The first-order valence-corrected chi connectivity index (χ1v) is 12.7. The molecule has 0 bridgehead atoms. The molecule has 0 radical (unpaired) electrons. The SMILES string of the molecule is C[C@H](Cc1ccc2c(ccn2CCCOC(=O)C(C)(C)C)c1)NCCOc1ccccc1CC(F)(F)F. The minimum absolute atomic E-state index is 0.147. The van der Waals surface area contributed by atoms with Gasteiger partial charge in [-0.2, -0.15) is 13.2 Å². The summed E-state index contributed by atoms with van der Waals surface area (Å²) in [5.41, 5.74) is 1.99. The Balaban J connectivity index is 1.44. The number of para-hydroxylation sites is 1. The van der Waals surface area contributed by atoms with Crippen molar-refractivity contribution in [1.82, 2.24) is 9.88 Å². The van der Waals surface area contributed by atoms with Crippen LogP contribution >= 0.6 is 0 Å². The Morgan fingerprint density at radius 2 is 1.81 bits per heavy atom. The number of esters is 1. The van der Waals surface area contributed by atoms with Crippen LogP contribution in [0.4, 0.5) is 13.2 Å². The molecule has 0 spiro atoms. The second kappa shape index (κ2) is 12.5. The molecule has 0 aliphatic heterocycles. The monoisotopic (exact) mass is 518 g/mol. The Labute approximate surface area is 216 Å². The molecule has 1 aromatic heterocycles. The molecule has 1 atom stereocenters. The number of rotatable bonds is 12. The first kappa shape index (κ1) is 28.6. The summed E-state index contributed by atoms with van der Waals surface area (Å²) in [7, 11) is 0. The van der Waals surface area contributed by atoms with Crippen LogP contribution in [0.2, 0.25) is 0 Å². The van der Waals surface area contributed by atoms with Gasteiger partial charge in [0.15, 0.2) is 0 Å². The summed E-state index contributed by atoms with van der Waals surface area (Å²) in [6.45, 7) is 9.59. The average molecular weight is 519 g/mol. The Kier molecular flexibility index (Phi) is 9.65. The largest absolute Gasteiger partial charge is 0.492 e. The highest BCUT2D eigenvalue weighted by atomic mass is 19.4. The van der Waals surface area contributed by atoms with Gasteiger partial charge in [0.05, 0.1) is 18.4 Å². The van der Waals surface area contributed by atoms with Crippen LogP contribution in [0.1, 0.15) is 45.2 Å². The van der Waals surface area contributed by atoms with Crippen LogP contribution in [-0.4, -0.2) is 42.5 Å². The van der Waals surface area contributed by atoms with Gasteiger partial charge in [-0.25, -0.2) is 0 Å². The molecule has 0 fully saturated rings. The molecule has 0 saturated carbocycles. The summed E-state index contributed by atoms with van der Waals surface area (Å²) >= 11 is 0. The fourth-order valence-corrected chi connectivity index (χ4v) is 4.09. The number of hydrogen-bond donors (Lipinski definition) is 1. The van der Waals surface area contributed by atoms with Crippen molar-refractivity contribution in [3.8, 4) is 5.75 Å². The lowest BCUT2D eigenvalue weighted by molar-refractivity contribution is -0.153. The zero-order chi connectivity index (χ0) is 27.1. The van der Waals surface area contributed by atoms with Gasteiger partial charge < -0.3 is 19.4 Å². The fraction of sp³-hybridized carbons (Fsp3) is 0.483. The Morgan fingerprint density at radius 3 is 2.54 bits per heavy atom. The molecule has 0 amide bonds. The summed E-state index contributed by atoms with van der Waals surface area (Å²) in [5.74, 6) is 0.0895. The summed E-state index contributed by atoms with van der Waals surface area (Å²) in [4.78, 5) is 11.9. The number of aryl methyl sites for hydroxylation is 1. The van der Waals surface area contributed by atoms with Crippen molar-refractivity contribution in [2.75, 3.05) is 19.8 Å². The highest BCUT2D eigenvalue weighted by Gasteiger charge is 2.29. The van der Waals surface area contributed by atoms with Gasteiger partial charge in [0.1, 0.15) is 12.4 Å². The van der Waals surface area contributed by atoms with Crippen LogP contribution in [0.25, 0.3) is 10.9 Å². The second-order valence-corrected chi connectivity index (χ2v) is 10.4. The third-order valence-electron chi connectivity index (χ3n) is 5.98. The quantitative estimate of drug-likeness (QED) is 0.225. The molecule has 1 N–H and O–H groups in total. The molecule has 5 nitrogen and oxygen atoms in total. The van der Waals surface area contributed by atoms with Gasteiger partial charge in [-0.3, -0.25) is 4.79 Å². The zero-order valence-corrected chi connectivity index (χ0v) is 22.0. The number of nitrogens with one attached hydrogen (secondary N) is 1. The van der Waals surface area contributed by atoms with Crippen molar-refractivity contribution in [2.45, 2.75) is 65.7 Å². The lowest BCUT2D eigenvalue weighted by Gasteiger charge is -2.17. The van der Waals surface area contributed by atoms with Crippen molar-refractivity contribution in [3.05, 3.63) is 65.9 Å². The maximum atomic E-state index is 12.8. The van der Waals surface area contributed by atoms with Gasteiger partial charge in [-0.15, -0.1) is 0 Å². The Morgan fingerprint density at radius 1 is 1.05 bits per heavy atom. The standard InChI is InChI=1S/C29H37F3N2O3/c1-21(33-13-17-36-26-9-6-5-8-24(26)20-29(30,31)32)18-22-10-11-25-23(19-22)12-15-34(25)14-7-16-37-27(35)28(2,3)4/h5-6,8-12,15,19,21,33H,7,13-14,16-18,20H2,1-4H3/t21-/m1/s1. The van der Waals surface area contributed by atoms with E-state index >= 15 is 0 Å². The van der Waals surface area contributed by atoms with Crippen molar-refractivity contribution in [2.24, 2.45) is 5.41 Å². The molecular formula is C29H37F3N2O3. The van der Waals surface area contributed by atoms with Crippen molar-refractivity contribution in [1.29, 1.82) is 0 Å². The van der Waals surface area contributed by atoms with Crippen LogP contribution in [-0.2, 0) is 28.9 Å². The summed E-state index contributed by atoms with van der Waals surface area (Å²) in [6, 6.07) is 14.9. The number of halogens is 3. The molecular weight excluding hydrogens is 481 g/mol. The molecule has 0 aliphatic carbocycles. The molecule has 37 heavy (non-hydrogen) atoms. The maximum absolute atomic E-state index is 12.8. The molecule has 3 rings (SSSR count). The number of carbonyl (C=O) groups excluding carboxylic acids is 1. The van der Waals surface area contributed by atoms with Gasteiger partial charge in [-0.05, 0) is 75.8 Å². The second-order valence-electron chi connectivity index (χ2n) is 10.4. The van der Waals surface area contributed by atoms with E-state index in [0.29, 0.717) is 13.2 Å². The van der Waals surface area contributed by atoms with Gasteiger partial charge in [0, 0.05) is 36.4 Å². The van der Waals surface area contributed by atoms with Crippen molar-refractivity contribution < 1.29 is 27.4 Å². The van der Waals surface area contributed by atoms with Gasteiger partial charge in [0.25, 0.3) is 0 Å². The van der Waals surface area contributed by atoms with Gasteiger partial charge >= 0.3 is 12.1 Å². The summed E-state index contributed by atoms with van der Waals surface area (Å²) < 4.78 is 51.4. The highest BCUT2D eigenvalue weighted by molar-refractivity contribution is 5.81. The zero-order valence-electron chi connectivity index (χ0n) is 22.0. The highest BCUT2D eigenvalue weighted by Crippen LogP contribution is 2.27. The Bertz CT molecular complexity index is 1170. The van der Waals surface area contributed by atoms with E-state index in [9.17, 15) is 18.0 Å². The number of carbonyl (C=O) groups is 1. The van der Waals surface area contributed by atoms with Crippen LogP contribution in [0.5, 0.6) is 5.75 Å². The molecule has 8 heteroatoms. The number of hydrogen-bond acceptors (Lipinski definition) is 4. The molecule has 3 aromatic rings. The maximum Gasteiger partial charge on any atom is 0.393 e. The summed E-state index contributed by atoms with van der Waals surface area (Å²) in [5, 5.41) is 4.54. The van der Waals surface area contributed by atoms with Crippen LogP contribution in [0, 0.1) is 5.41 Å². The number of benzene rings is 2. The van der Waals surface area contributed by atoms with Crippen LogP contribution in [0.3, 0.4) is 0 Å². The lowest BCUT2D eigenvalue weighted by Crippen LogP contribution is -2.32. The number of nitrogens with zero attached hydrogens (tertiary/aromatic N) is 1. The van der Waals surface area contributed by atoms with E-state index in [2.05, 4.69) is 47.3 Å². The van der Waals surface area contributed by atoms with E-state index in [1.54, 1.807) is 18.2 Å². The van der Waals surface area contributed by atoms with Gasteiger partial charge in [-0.1, -0.05) is 24.3 Å². The first-order valence-electron chi connectivity index (χ1n) is 12.7. The fourth-order valence-electron chi connectivity index (χ4n) is 4.09. The van der Waals surface area contributed by atoms with Crippen LogP contribution in [0.15, 0.2) is 54.7 Å². The van der Waals surface area contributed by atoms with Crippen molar-refractivity contribution in [3.63, 3.8) is 0 Å². The predicted molar refractivity (Wildman–Crippen MR) is 140 cm³/mol. The van der Waals surface area contributed by atoms with E-state index < -0.39 is 18.0 Å². The summed E-state index contributed by atoms with van der Waals surface area (Å²) in [6.07, 6.45) is -1.65. The van der Waals surface area contributed by atoms with E-state index in [1.165, 1.54) is 11.6 Å². The number of alkyl halides is 3. The predicted octanol–water partition coefficient (Wildman–Crippen LogP) is 6.33. The van der Waals surface area contributed by atoms with Crippen molar-refractivity contribution >= 4 is 16.9 Å². The minimum Gasteiger partial charge on any atom is -0.492 e.